The molecular formula is C24H22N4O3. The van der Waals surface area contributed by atoms with Crippen molar-refractivity contribution < 1.29 is 13.9 Å². The van der Waals surface area contributed by atoms with Crippen LogP contribution in [0.3, 0.4) is 0 Å². The van der Waals surface area contributed by atoms with Gasteiger partial charge in [-0.2, -0.15) is 0 Å². The van der Waals surface area contributed by atoms with Crippen molar-refractivity contribution in [2.24, 2.45) is 0 Å². The van der Waals surface area contributed by atoms with Gasteiger partial charge in [-0.3, -0.25) is 4.79 Å². The largest absolute Gasteiger partial charge is 0.497 e. The molecule has 4 aromatic rings. The summed E-state index contributed by atoms with van der Waals surface area (Å²) in [7, 11) is 1.64. The van der Waals surface area contributed by atoms with Crippen LogP contribution in [0.4, 0.5) is 0 Å². The number of rotatable bonds is 4. The van der Waals surface area contributed by atoms with E-state index in [0.29, 0.717) is 24.5 Å². The van der Waals surface area contributed by atoms with E-state index < -0.39 is 0 Å². The molecule has 0 unspecified atom stereocenters. The molecule has 2 aromatic carbocycles. The van der Waals surface area contributed by atoms with Gasteiger partial charge in [-0.05, 0) is 49.2 Å². The van der Waals surface area contributed by atoms with Gasteiger partial charge in [-0.15, -0.1) is 10.2 Å². The van der Waals surface area contributed by atoms with Crippen LogP contribution in [0.15, 0.2) is 65.4 Å². The van der Waals surface area contributed by atoms with Gasteiger partial charge in [0.2, 0.25) is 12.3 Å². The molecule has 1 saturated heterocycles. The number of piperidine rings is 1. The number of benzene rings is 2. The lowest BCUT2D eigenvalue weighted by molar-refractivity contribution is 0.0708. The van der Waals surface area contributed by atoms with Gasteiger partial charge in [-0.25, -0.2) is 4.98 Å². The maximum atomic E-state index is 13.5. The summed E-state index contributed by atoms with van der Waals surface area (Å²) in [5.41, 5.74) is 3.19. The first-order chi connectivity index (χ1) is 15.2. The highest BCUT2D eigenvalue weighted by molar-refractivity contribution is 6.07. The predicted octanol–water partition coefficient (Wildman–Crippen LogP) is 4.31. The Balaban J connectivity index is 1.46. The number of carbonyl (C=O) groups excluding carboxylic acids is 1. The molecule has 2 aromatic heterocycles. The number of amides is 1. The van der Waals surface area contributed by atoms with Crippen LogP contribution in [0.5, 0.6) is 5.75 Å². The van der Waals surface area contributed by atoms with Gasteiger partial charge < -0.3 is 14.1 Å². The van der Waals surface area contributed by atoms with Crippen molar-refractivity contribution in [1.82, 2.24) is 20.1 Å². The van der Waals surface area contributed by atoms with Crippen LogP contribution in [-0.2, 0) is 0 Å². The molecule has 7 nitrogen and oxygen atoms in total. The Labute approximate surface area is 179 Å². The maximum absolute atomic E-state index is 13.5. The minimum Gasteiger partial charge on any atom is -0.497 e. The fourth-order valence-corrected chi connectivity index (χ4v) is 4.12. The molecule has 0 spiro atoms. The molecule has 3 heterocycles. The van der Waals surface area contributed by atoms with E-state index in [1.165, 1.54) is 6.39 Å². The number of para-hydroxylation sites is 1. The molecule has 1 aliphatic rings. The lowest BCUT2D eigenvalue weighted by atomic mass is 9.95. The second-order valence-electron chi connectivity index (χ2n) is 7.64. The second-order valence-corrected chi connectivity index (χ2v) is 7.64. The Hall–Kier alpha value is -3.74. The Kier molecular flexibility index (Phi) is 5.08. The monoisotopic (exact) mass is 414 g/mol. The zero-order chi connectivity index (χ0) is 21.2. The third-order valence-corrected chi connectivity index (χ3v) is 5.84. The maximum Gasteiger partial charge on any atom is 0.254 e. The lowest BCUT2D eigenvalue weighted by Gasteiger charge is -2.31. The van der Waals surface area contributed by atoms with Crippen LogP contribution < -0.4 is 4.74 Å². The van der Waals surface area contributed by atoms with Crippen LogP contribution in [0.2, 0.25) is 0 Å². The molecule has 7 heteroatoms. The smallest absolute Gasteiger partial charge is 0.254 e. The quantitative estimate of drug-likeness (QED) is 0.495. The first-order valence-corrected chi connectivity index (χ1v) is 10.3. The third-order valence-electron chi connectivity index (χ3n) is 5.84. The number of methoxy groups -OCH3 is 1. The average molecular weight is 414 g/mol. The van der Waals surface area contributed by atoms with Gasteiger partial charge in [0.05, 0.1) is 23.9 Å². The van der Waals surface area contributed by atoms with E-state index in [0.717, 1.165) is 40.8 Å². The van der Waals surface area contributed by atoms with Gasteiger partial charge in [0.25, 0.3) is 5.91 Å². The number of hydrogen-bond donors (Lipinski definition) is 0. The molecule has 0 bridgehead atoms. The second kappa shape index (κ2) is 8.18. The Morgan fingerprint density at radius 2 is 1.87 bits per heavy atom. The van der Waals surface area contributed by atoms with Crippen LogP contribution in [0.25, 0.3) is 22.2 Å². The third kappa shape index (κ3) is 3.74. The molecule has 0 aliphatic carbocycles. The minimum absolute atomic E-state index is 0.0253. The highest BCUT2D eigenvalue weighted by atomic mass is 16.5. The van der Waals surface area contributed by atoms with E-state index >= 15 is 0 Å². The van der Waals surface area contributed by atoms with E-state index in [1.807, 2.05) is 59.5 Å². The summed E-state index contributed by atoms with van der Waals surface area (Å²) in [6.07, 6.45) is 2.97. The van der Waals surface area contributed by atoms with Crippen molar-refractivity contribution in [1.29, 1.82) is 0 Å². The number of hydrogen-bond acceptors (Lipinski definition) is 6. The summed E-state index contributed by atoms with van der Waals surface area (Å²) in [6, 6.07) is 17.4. The summed E-state index contributed by atoms with van der Waals surface area (Å²) in [5, 5.41) is 8.66. The molecule has 0 radical (unpaired) electrons. The van der Waals surface area contributed by atoms with E-state index in [4.69, 9.17) is 14.1 Å². The SMILES string of the molecule is COc1ccc(-c2cc(C(=O)N3CCC(c4nnco4)CC3)c3ccccc3n2)cc1. The first-order valence-electron chi connectivity index (χ1n) is 10.3. The van der Waals surface area contributed by atoms with Gasteiger partial charge >= 0.3 is 0 Å². The number of fused-ring (bicyclic) bond motifs is 1. The van der Waals surface area contributed by atoms with Crippen molar-refractivity contribution in [3.05, 3.63) is 72.4 Å². The highest BCUT2D eigenvalue weighted by Gasteiger charge is 2.28. The van der Waals surface area contributed by atoms with Crippen molar-refractivity contribution in [3.8, 4) is 17.0 Å². The number of carbonyl (C=O) groups is 1. The Morgan fingerprint density at radius 1 is 1.10 bits per heavy atom. The van der Waals surface area contributed by atoms with Crippen molar-refractivity contribution in [2.45, 2.75) is 18.8 Å². The van der Waals surface area contributed by atoms with E-state index in [1.54, 1.807) is 7.11 Å². The fourth-order valence-electron chi connectivity index (χ4n) is 4.12. The van der Waals surface area contributed by atoms with Gasteiger partial charge in [-0.1, -0.05) is 18.2 Å². The number of ether oxygens (including phenoxy) is 1. The average Bonchev–Trinajstić information content (AvgIpc) is 3.38. The fraction of sp³-hybridized carbons (Fsp3) is 0.250. The summed E-state index contributed by atoms with van der Waals surface area (Å²) in [6.45, 7) is 1.31. The van der Waals surface area contributed by atoms with E-state index in [2.05, 4.69) is 10.2 Å². The molecule has 5 rings (SSSR count). The molecule has 0 N–H and O–H groups in total. The number of likely N-dealkylation sites (tertiary alicyclic amines) is 1. The van der Waals surface area contributed by atoms with Crippen LogP contribution in [0, 0.1) is 0 Å². The van der Waals surface area contributed by atoms with Crippen molar-refractivity contribution in [2.75, 3.05) is 20.2 Å². The van der Waals surface area contributed by atoms with Crippen molar-refractivity contribution in [3.63, 3.8) is 0 Å². The molecule has 31 heavy (non-hydrogen) atoms. The summed E-state index contributed by atoms with van der Waals surface area (Å²) in [5.74, 6) is 1.67. The number of nitrogens with zero attached hydrogens (tertiary/aromatic N) is 4. The predicted molar refractivity (Wildman–Crippen MR) is 116 cm³/mol. The normalized spacial score (nSPS) is 14.7. The van der Waals surface area contributed by atoms with E-state index in [9.17, 15) is 4.79 Å². The zero-order valence-corrected chi connectivity index (χ0v) is 17.2. The molecule has 1 fully saturated rings. The minimum atomic E-state index is 0.0253. The van der Waals surface area contributed by atoms with Crippen molar-refractivity contribution >= 4 is 16.8 Å². The summed E-state index contributed by atoms with van der Waals surface area (Å²) in [4.78, 5) is 20.2. The molecule has 1 aliphatic heterocycles. The van der Waals surface area contributed by atoms with Crippen LogP contribution >= 0.6 is 0 Å². The number of aromatic nitrogens is 3. The van der Waals surface area contributed by atoms with Gasteiger partial charge in [0.15, 0.2) is 0 Å². The topological polar surface area (TPSA) is 81.4 Å². The van der Waals surface area contributed by atoms with Gasteiger partial charge in [0.1, 0.15) is 5.75 Å². The molecule has 1 amide bonds. The molecule has 156 valence electrons. The van der Waals surface area contributed by atoms with Crippen LogP contribution in [0.1, 0.15) is 35.0 Å². The Morgan fingerprint density at radius 3 is 2.58 bits per heavy atom. The highest BCUT2D eigenvalue weighted by Crippen LogP contribution is 2.30. The first kappa shape index (κ1) is 19.2. The molecule has 0 saturated carbocycles. The van der Waals surface area contributed by atoms with Crippen LogP contribution in [-0.4, -0.2) is 46.2 Å². The molecule has 0 atom stereocenters. The van der Waals surface area contributed by atoms with Gasteiger partial charge in [0, 0.05) is 30.0 Å². The lowest BCUT2D eigenvalue weighted by Crippen LogP contribution is -2.38. The number of pyridine rings is 1. The standard InChI is InChI=1S/C24H22N4O3/c1-30-18-8-6-16(7-9-18)22-14-20(19-4-2-3-5-21(19)26-22)24(29)28-12-10-17(11-13-28)23-27-25-15-31-23/h2-9,14-15,17H,10-13H2,1H3. The summed E-state index contributed by atoms with van der Waals surface area (Å²) < 4.78 is 10.6. The summed E-state index contributed by atoms with van der Waals surface area (Å²) >= 11 is 0. The molecular weight excluding hydrogens is 392 g/mol. The zero-order valence-electron chi connectivity index (χ0n) is 17.2. The van der Waals surface area contributed by atoms with E-state index in [-0.39, 0.29) is 11.8 Å². The Bertz CT molecular complexity index is 1200.